The molecule has 0 amide bonds. The van der Waals surface area contributed by atoms with Gasteiger partial charge in [-0.25, -0.2) is 0 Å². The van der Waals surface area contributed by atoms with Crippen molar-refractivity contribution in [1.82, 2.24) is 0 Å². The largest absolute Gasteiger partial charge is 0.294 e. The van der Waals surface area contributed by atoms with Gasteiger partial charge in [0.05, 0.1) is 0 Å². The fraction of sp³-hybridized carbons (Fsp3) is 0.533. The molecule has 0 aromatic heterocycles. The van der Waals surface area contributed by atoms with Crippen LogP contribution in [0, 0.1) is 26.7 Å². The lowest BCUT2D eigenvalue weighted by molar-refractivity contribution is 0.0923. The lowest BCUT2D eigenvalue weighted by Crippen LogP contribution is -2.13. The Balaban J connectivity index is 3.04. The molecule has 0 spiro atoms. The molecule has 0 aliphatic carbocycles. The van der Waals surface area contributed by atoms with Crippen molar-refractivity contribution in [2.24, 2.45) is 5.92 Å². The minimum absolute atomic E-state index is 0.144. The molecular formula is C15H22O. The van der Waals surface area contributed by atoms with Gasteiger partial charge in [0.1, 0.15) is 0 Å². The second kappa shape index (κ2) is 5.29. The molecule has 1 heteroatoms. The molecule has 0 bridgehead atoms. The molecule has 0 aliphatic heterocycles. The summed E-state index contributed by atoms with van der Waals surface area (Å²) in [5.74, 6) is 0.438. The molecule has 1 aromatic carbocycles. The first-order chi connectivity index (χ1) is 7.47. The lowest BCUT2D eigenvalue weighted by atomic mass is 9.90. The van der Waals surface area contributed by atoms with Crippen LogP contribution in [0.25, 0.3) is 0 Å². The van der Waals surface area contributed by atoms with E-state index in [-0.39, 0.29) is 5.92 Å². The van der Waals surface area contributed by atoms with Gasteiger partial charge in [-0.2, -0.15) is 0 Å². The van der Waals surface area contributed by atoms with Gasteiger partial charge < -0.3 is 0 Å². The zero-order valence-electron chi connectivity index (χ0n) is 11.1. The molecule has 1 nitrogen and oxygen atoms in total. The zero-order chi connectivity index (χ0) is 12.3. The number of hydrogen-bond donors (Lipinski definition) is 0. The normalized spacial score (nSPS) is 12.6. The zero-order valence-corrected chi connectivity index (χ0v) is 11.1. The summed E-state index contributed by atoms with van der Waals surface area (Å²) >= 11 is 0. The first-order valence-electron chi connectivity index (χ1n) is 6.09. The predicted molar refractivity (Wildman–Crippen MR) is 69.1 cm³/mol. The van der Waals surface area contributed by atoms with E-state index in [1.54, 1.807) is 0 Å². The Hall–Kier alpha value is -1.11. The Kier molecular flexibility index (Phi) is 4.28. The number of Topliss-reactive ketones (excluding diaryl/α,β-unsaturated/α-hetero) is 1. The summed E-state index contributed by atoms with van der Waals surface area (Å²) in [6.45, 7) is 10.3. The Bertz CT molecular complexity index is 391. The second-order valence-electron chi connectivity index (χ2n) is 4.81. The number of carbonyl (C=O) groups is 1. The fourth-order valence-corrected chi connectivity index (χ4v) is 2.06. The molecule has 0 aliphatic rings. The average Bonchev–Trinajstić information content (AvgIpc) is 2.23. The van der Waals surface area contributed by atoms with Crippen LogP contribution in [0.3, 0.4) is 0 Å². The Morgan fingerprint density at radius 3 is 2.25 bits per heavy atom. The summed E-state index contributed by atoms with van der Waals surface area (Å²) in [5.41, 5.74) is 4.48. The molecule has 0 radical (unpaired) electrons. The van der Waals surface area contributed by atoms with E-state index in [4.69, 9.17) is 0 Å². The third-order valence-corrected chi connectivity index (χ3v) is 3.28. The van der Waals surface area contributed by atoms with Crippen LogP contribution in [0.4, 0.5) is 0 Å². The molecule has 16 heavy (non-hydrogen) atoms. The number of benzene rings is 1. The van der Waals surface area contributed by atoms with E-state index in [0.29, 0.717) is 5.78 Å². The summed E-state index contributed by atoms with van der Waals surface area (Å²) in [7, 11) is 0. The van der Waals surface area contributed by atoms with Gasteiger partial charge in [0, 0.05) is 11.5 Å². The maximum atomic E-state index is 12.2. The van der Waals surface area contributed by atoms with Crippen molar-refractivity contribution in [3.8, 4) is 0 Å². The summed E-state index contributed by atoms with van der Waals surface area (Å²) in [5, 5.41) is 0. The third kappa shape index (κ3) is 2.72. The van der Waals surface area contributed by atoms with Crippen molar-refractivity contribution in [3.05, 3.63) is 34.4 Å². The standard InChI is InChI=1S/C15H22O/c1-6-7-10(2)15(16)14-9-12(4)11(3)8-13(14)5/h8-10H,6-7H2,1-5H3. The van der Waals surface area contributed by atoms with E-state index in [1.165, 1.54) is 11.1 Å². The maximum absolute atomic E-state index is 12.2. The van der Waals surface area contributed by atoms with Crippen LogP contribution in [0.1, 0.15) is 53.7 Å². The van der Waals surface area contributed by atoms with Crippen molar-refractivity contribution < 1.29 is 4.79 Å². The minimum atomic E-state index is 0.144. The molecule has 0 saturated carbocycles. The van der Waals surface area contributed by atoms with Crippen molar-refractivity contribution >= 4 is 5.78 Å². The smallest absolute Gasteiger partial charge is 0.165 e. The Labute approximate surface area is 98.9 Å². The molecule has 0 saturated heterocycles. The monoisotopic (exact) mass is 218 g/mol. The number of ketones is 1. The minimum Gasteiger partial charge on any atom is -0.294 e. The molecule has 1 unspecified atom stereocenters. The van der Waals surface area contributed by atoms with Crippen LogP contribution >= 0.6 is 0 Å². The van der Waals surface area contributed by atoms with E-state index in [2.05, 4.69) is 26.8 Å². The van der Waals surface area contributed by atoms with Crippen LogP contribution in [0.5, 0.6) is 0 Å². The first kappa shape index (κ1) is 13.0. The van der Waals surface area contributed by atoms with Gasteiger partial charge in [-0.1, -0.05) is 26.3 Å². The van der Waals surface area contributed by atoms with Gasteiger partial charge >= 0.3 is 0 Å². The summed E-state index contributed by atoms with van der Waals surface area (Å²) < 4.78 is 0. The van der Waals surface area contributed by atoms with Crippen LogP contribution in [-0.2, 0) is 0 Å². The fourth-order valence-electron chi connectivity index (χ4n) is 2.06. The lowest BCUT2D eigenvalue weighted by Gasteiger charge is -2.13. The Morgan fingerprint density at radius 2 is 1.69 bits per heavy atom. The highest BCUT2D eigenvalue weighted by molar-refractivity contribution is 5.99. The van der Waals surface area contributed by atoms with Gasteiger partial charge in [-0.3, -0.25) is 4.79 Å². The van der Waals surface area contributed by atoms with Crippen molar-refractivity contribution in [1.29, 1.82) is 0 Å². The molecule has 88 valence electrons. The molecule has 1 atom stereocenters. The highest BCUT2D eigenvalue weighted by Crippen LogP contribution is 2.20. The molecule has 0 fully saturated rings. The van der Waals surface area contributed by atoms with E-state index in [0.717, 1.165) is 24.0 Å². The number of rotatable bonds is 4. The van der Waals surface area contributed by atoms with Crippen LogP contribution < -0.4 is 0 Å². The predicted octanol–water partition coefficient (Wildman–Crippen LogP) is 4.23. The summed E-state index contributed by atoms with van der Waals surface area (Å²) in [6.07, 6.45) is 2.04. The van der Waals surface area contributed by atoms with Gasteiger partial charge in [-0.05, 0) is 49.9 Å². The highest BCUT2D eigenvalue weighted by atomic mass is 16.1. The summed E-state index contributed by atoms with van der Waals surface area (Å²) in [4.78, 5) is 12.2. The van der Waals surface area contributed by atoms with Crippen molar-refractivity contribution in [2.45, 2.75) is 47.5 Å². The van der Waals surface area contributed by atoms with Crippen LogP contribution in [0.2, 0.25) is 0 Å². The van der Waals surface area contributed by atoms with Gasteiger partial charge in [0.15, 0.2) is 5.78 Å². The van der Waals surface area contributed by atoms with E-state index < -0.39 is 0 Å². The SMILES string of the molecule is CCCC(C)C(=O)c1cc(C)c(C)cc1C. The molecule has 1 aromatic rings. The summed E-state index contributed by atoms with van der Waals surface area (Å²) in [6, 6.07) is 4.15. The third-order valence-electron chi connectivity index (χ3n) is 3.28. The Morgan fingerprint density at radius 1 is 1.12 bits per heavy atom. The maximum Gasteiger partial charge on any atom is 0.165 e. The van der Waals surface area contributed by atoms with Crippen LogP contribution in [-0.4, -0.2) is 5.78 Å². The highest BCUT2D eigenvalue weighted by Gasteiger charge is 2.16. The van der Waals surface area contributed by atoms with E-state index in [1.807, 2.05) is 19.9 Å². The van der Waals surface area contributed by atoms with Crippen molar-refractivity contribution in [2.75, 3.05) is 0 Å². The number of hydrogen-bond acceptors (Lipinski definition) is 1. The quantitative estimate of drug-likeness (QED) is 0.691. The number of aryl methyl sites for hydroxylation is 3. The first-order valence-corrected chi connectivity index (χ1v) is 6.09. The van der Waals surface area contributed by atoms with E-state index in [9.17, 15) is 4.79 Å². The van der Waals surface area contributed by atoms with Gasteiger partial charge in [0.2, 0.25) is 0 Å². The molecule has 1 rings (SSSR count). The molecular weight excluding hydrogens is 196 g/mol. The number of carbonyl (C=O) groups excluding carboxylic acids is 1. The topological polar surface area (TPSA) is 17.1 Å². The average molecular weight is 218 g/mol. The molecule has 0 heterocycles. The van der Waals surface area contributed by atoms with E-state index >= 15 is 0 Å². The second-order valence-corrected chi connectivity index (χ2v) is 4.81. The molecule has 0 N–H and O–H groups in total. The van der Waals surface area contributed by atoms with Crippen LogP contribution in [0.15, 0.2) is 12.1 Å². The van der Waals surface area contributed by atoms with Gasteiger partial charge in [0.25, 0.3) is 0 Å². The van der Waals surface area contributed by atoms with Crippen molar-refractivity contribution in [3.63, 3.8) is 0 Å². The van der Waals surface area contributed by atoms with Gasteiger partial charge in [-0.15, -0.1) is 0 Å².